The van der Waals surface area contributed by atoms with Gasteiger partial charge < -0.3 is 15.5 Å². The van der Waals surface area contributed by atoms with E-state index in [1.54, 1.807) is 30.2 Å². The zero-order chi connectivity index (χ0) is 14.5. The summed E-state index contributed by atoms with van der Waals surface area (Å²) in [6.45, 7) is 1.22. The van der Waals surface area contributed by atoms with Crippen LogP contribution >= 0.6 is 0 Å². The van der Waals surface area contributed by atoms with Gasteiger partial charge in [-0.25, -0.2) is 0 Å². The molecule has 1 atom stereocenters. The Hall–Kier alpha value is -2.15. The number of nitrogens with one attached hydrogen (secondary N) is 1. The smallest absolute Gasteiger partial charge is 0.306 e. The normalized spacial score (nSPS) is 14.3. The van der Waals surface area contributed by atoms with E-state index >= 15 is 0 Å². The molecule has 1 amide bonds. The van der Waals surface area contributed by atoms with Gasteiger partial charge in [0.25, 0.3) is 0 Å². The summed E-state index contributed by atoms with van der Waals surface area (Å²) >= 11 is 0. The fourth-order valence-electron chi connectivity index (χ4n) is 1.42. The Balaban J connectivity index is 2.43. The van der Waals surface area contributed by atoms with Crippen molar-refractivity contribution in [2.24, 2.45) is 7.05 Å². The van der Waals surface area contributed by atoms with Crippen LogP contribution in [0.1, 0.15) is 18.9 Å². The quantitative estimate of drug-likeness (QED) is 0.618. The van der Waals surface area contributed by atoms with Gasteiger partial charge in [-0.1, -0.05) is 0 Å². The third kappa shape index (κ3) is 5.82. The highest BCUT2D eigenvalue weighted by atomic mass is 16.4. The van der Waals surface area contributed by atoms with E-state index in [9.17, 15) is 14.7 Å². The van der Waals surface area contributed by atoms with Crippen molar-refractivity contribution in [3.8, 4) is 0 Å². The molecule has 104 valence electrons. The zero-order valence-corrected chi connectivity index (χ0v) is 10.8. The summed E-state index contributed by atoms with van der Waals surface area (Å²) in [7, 11) is 1.76. The number of carbonyl (C=O) groups is 2. The summed E-state index contributed by atoms with van der Waals surface area (Å²) in [5.41, 5.74) is -0.696. The molecular weight excluding hydrogens is 250 g/mol. The SMILES string of the molecule is Cn1cc(C=CC(=O)NCC(C)(O)CC(=O)O)cn1. The van der Waals surface area contributed by atoms with Crippen molar-refractivity contribution in [2.75, 3.05) is 6.54 Å². The summed E-state index contributed by atoms with van der Waals surface area (Å²) in [4.78, 5) is 21.9. The predicted octanol–water partition coefficient (Wildman–Crippen LogP) is -0.225. The lowest BCUT2D eigenvalue weighted by molar-refractivity contribution is -0.142. The van der Waals surface area contributed by atoms with Crippen molar-refractivity contribution in [3.63, 3.8) is 0 Å². The van der Waals surface area contributed by atoms with Crippen LogP contribution in [0, 0.1) is 0 Å². The molecule has 1 rings (SSSR count). The molecule has 19 heavy (non-hydrogen) atoms. The van der Waals surface area contributed by atoms with E-state index in [2.05, 4.69) is 10.4 Å². The van der Waals surface area contributed by atoms with Crippen LogP contribution < -0.4 is 5.32 Å². The van der Waals surface area contributed by atoms with Crippen LogP contribution in [0.2, 0.25) is 0 Å². The minimum absolute atomic E-state index is 0.129. The summed E-state index contributed by atoms with van der Waals surface area (Å²) in [5.74, 6) is -1.53. The molecule has 0 aliphatic rings. The predicted molar refractivity (Wildman–Crippen MR) is 68.1 cm³/mol. The molecule has 0 spiro atoms. The lowest BCUT2D eigenvalue weighted by Crippen LogP contribution is -2.41. The number of amides is 1. The number of hydrogen-bond donors (Lipinski definition) is 3. The highest BCUT2D eigenvalue weighted by Gasteiger charge is 2.24. The largest absolute Gasteiger partial charge is 0.481 e. The first-order chi connectivity index (χ1) is 8.78. The van der Waals surface area contributed by atoms with Gasteiger partial charge in [0, 0.05) is 31.4 Å². The maximum Gasteiger partial charge on any atom is 0.306 e. The number of aromatic nitrogens is 2. The van der Waals surface area contributed by atoms with E-state index in [0.717, 1.165) is 5.56 Å². The molecule has 1 heterocycles. The van der Waals surface area contributed by atoms with E-state index in [0.29, 0.717) is 0 Å². The van der Waals surface area contributed by atoms with E-state index in [1.165, 1.54) is 13.0 Å². The number of hydrogen-bond acceptors (Lipinski definition) is 4. The van der Waals surface area contributed by atoms with E-state index in [1.807, 2.05) is 0 Å². The highest BCUT2D eigenvalue weighted by Crippen LogP contribution is 2.07. The third-order valence-electron chi connectivity index (χ3n) is 2.33. The van der Waals surface area contributed by atoms with Gasteiger partial charge in [-0.15, -0.1) is 0 Å². The number of rotatable bonds is 6. The Morgan fingerprint density at radius 1 is 1.58 bits per heavy atom. The molecule has 0 fully saturated rings. The zero-order valence-electron chi connectivity index (χ0n) is 10.8. The van der Waals surface area contributed by atoms with Crippen molar-refractivity contribution < 1.29 is 19.8 Å². The second kappa shape index (κ2) is 6.14. The number of aliphatic carboxylic acids is 1. The monoisotopic (exact) mass is 267 g/mol. The van der Waals surface area contributed by atoms with Gasteiger partial charge in [-0.2, -0.15) is 5.10 Å². The topological polar surface area (TPSA) is 104 Å². The summed E-state index contributed by atoms with van der Waals surface area (Å²) in [6, 6.07) is 0. The molecule has 0 aliphatic heterocycles. The van der Waals surface area contributed by atoms with Crippen molar-refractivity contribution in [2.45, 2.75) is 18.9 Å². The standard InChI is InChI=1S/C12H17N3O4/c1-12(19,5-11(17)18)8-13-10(16)4-3-9-6-14-15(2)7-9/h3-4,6-7,19H,5,8H2,1-2H3,(H,13,16)(H,17,18). The number of nitrogens with zero attached hydrogens (tertiary/aromatic N) is 2. The van der Waals surface area contributed by atoms with Crippen molar-refractivity contribution in [1.82, 2.24) is 15.1 Å². The molecule has 0 bridgehead atoms. The van der Waals surface area contributed by atoms with Gasteiger partial charge in [0.1, 0.15) is 0 Å². The Labute approximate surface area is 110 Å². The second-order valence-corrected chi connectivity index (χ2v) is 4.57. The lowest BCUT2D eigenvalue weighted by atomic mass is 10.0. The van der Waals surface area contributed by atoms with Crippen LogP contribution in [0.3, 0.4) is 0 Å². The van der Waals surface area contributed by atoms with Gasteiger partial charge in [0.2, 0.25) is 5.91 Å². The van der Waals surface area contributed by atoms with Gasteiger partial charge >= 0.3 is 5.97 Å². The van der Waals surface area contributed by atoms with Crippen LogP contribution in [0.25, 0.3) is 6.08 Å². The first-order valence-electron chi connectivity index (χ1n) is 5.67. The summed E-state index contributed by atoms with van der Waals surface area (Å²) < 4.78 is 1.61. The van der Waals surface area contributed by atoms with Gasteiger partial charge in [-0.3, -0.25) is 14.3 Å². The second-order valence-electron chi connectivity index (χ2n) is 4.57. The molecule has 1 unspecified atom stereocenters. The number of carbonyl (C=O) groups excluding carboxylic acids is 1. The number of aliphatic hydroxyl groups is 1. The average molecular weight is 267 g/mol. The molecule has 0 saturated carbocycles. The number of carboxylic acid groups (broad SMARTS) is 1. The molecule has 7 nitrogen and oxygen atoms in total. The van der Waals surface area contributed by atoms with Crippen molar-refractivity contribution >= 4 is 18.0 Å². The highest BCUT2D eigenvalue weighted by molar-refractivity contribution is 5.91. The molecule has 0 aliphatic carbocycles. The van der Waals surface area contributed by atoms with Crippen LogP contribution in [0.4, 0.5) is 0 Å². The van der Waals surface area contributed by atoms with Crippen LogP contribution in [-0.2, 0) is 16.6 Å². The Bertz CT molecular complexity index is 491. The van der Waals surface area contributed by atoms with E-state index in [-0.39, 0.29) is 6.54 Å². The average Bonchev–Trinajstić information content (AvgIpc) is 2.68. The summed E-state index contributed by atoms with van der Waals surface area (Å²) in [6.07, 6.45) is 5.79. The maximum atomic E-state index is 11.5. The molecule has 0 aromatic carbocycles. The molecule has 1 aromatic rings. The number of aryl methyl sites for hydroxylation is 1. The molecule has 0 radical (unpaired) electrons. The maximum absolute atomic E-state index is 11.5. The Kier molecular flexibility index (Phi) is 4.82. The van der Waals surface area contributed by atoms with Crippen LogP contribution in [-0.4, -0.2) is 44.0 Å². The summed E-state index contributed by atoms with van der Waals surface area (Å²) in [5, 5.41) is 24.6. The fourth-order valence-corrected chi connectivity index (χ4v) is 1.42. The number of carboxylic acids is 1. The van der Waals surface area contributed by atoms with Crippen LogP contribution in [0.5, 0.6) is 0 Å². The van der Waals surface area contributed by atoms with Crippen LogP contribution in [0.15, 0.2) is 18.5 Å². The van der Waals surface area contributed by atoms with Gasteiger partial charge in [0.05, 0.1) is 18.2 Å². The minimum atomic E-state index is -1.47. The lowest BCUT2D eigenvalue weighted by Gasteiger charge is -2.20. The first kappa shape index (κ1) is 14.9. The van der Waals surface area contributed by atoms with E-state index in [4.69, 9.17) is 5.11 Å². The Morgan fingerprint density at radius 3 is 2.79 bits per heavy atom. The third-order valence-corrected chi connectivity index (χ3v) is 2.33. The van der Waals surface area contributed by atoms with Crippen molar-refractivity contribution in [3.05, 3.63) is 24.0 Å². The molecular formula is C12H17N3O4. The Morgan fingerprint density at radius 2 is 2.26 bits per heavy atom. The van der Waals surface area contributed by atoms with Crippen molar-refractivity contribution in [1.29, 1.82) is 0 Å². The van der Waals surface area contributed by atoms with Gasteiger partial charge in [0.15, 0.2) is 0 Å². The molecule has 0 saturated heterocycles. The minimum Gasteiger partial charge on any atom is -0.481 e. The fraction of sp³-hybridized carbons (Fsp3) is 0.417. The molecule has 7 heteroatoms. The molecule has 3 N–H and O–H groups in total. The van der Waals surface area contributed by atoms with E-state index < -0.39 is 23.9 Å². The molecule has 1 aromatic heterocycles. The van der Waals surface area contributed by atoms with Gasteiger partial charge in [-0.05, 0) is 13.0 Å². The first-order valence-corrected chi connectivity index (χ1v) is 5.67.